The van der Waals surface area contributed by atoms with Gasteiger partial charge in [-0.1, -0.05) is 0 Å². The highest BCUT2D eigenvalue weighted by molar-refractivity contribution is 9.10. The normalized spacial score (nSPS) is 11.3. The third-order valence-corrected chi connectivity index (χ3v) is 4.12. The molecule has 7 nitrogen and oxygen atoms in total. The number of rotatable bonds is 8. The Hall–Kier alpha value is -1.03. The van der Waals surface area contributed by atoms with E-state index in [4.69, 9.17) is 4.74 Å². The highest BCUT2D eigenvalue weighted by atomic mass is 79.9. The van der Waals surface area contributed by atoms with Crippen LogP contribution < -0.4 is 10.0 Å². The molecule has 1 rings (SSSR count). The van der Waals surface area contributed by atoms with Gasteiger partial charge in [-0.3, -0.25) is 9.78 Å². The summed E-state index contributed by atoms with van der Waals surface area (Å²) in [6, 6.07) is 1.44. The van der Waals surface area contributed by atoms with Gasteiger partial charge in [0.15, 0.2) is 0 Å². The first kappa shape index (κ1) is 17.0. The molecule has 0 spiro atoms. The average Bonchev–Trinajstić information content (AvgIpc) is 2.39. The van der Waals surface area contributed by atoms with Gasteiger partial charge in [0, 0.05) is 43.5 Å². The van der Waals surface area contributed by atoms with Crippen LogP contribution in [0.4, 0.5) is 0 Å². The summed E-state index contributed by atoms with van der Waals surface area (Å²) < 4.78 is 31.5. The van der Waals surface area contributed by atoms with Crippen LogP contribution >= 0.6 is 15.9 Å². The van der Waals surface area contributed by atoms with Crippen LogP contribution in [0.5, 0.6) is 0 Å². The van der Waals surface area contributed by atoms with Gasteiger partial charge in [0.1, 0.15) is 4.90 Å². The summed E-state index contributed by atoms with van der Waals surface area (Å²) in [5, 5.41) is 2.60. The summed E-state index contributed by atoms with van der Waals surface area (Å²) in [5.74, 6) is -0.239. The van der Waals surface area contributed by atoms with Crippen LogP contribution in [-0.4, -0.2) is 46.1 Å². The molecule has 0 fully saturated rings. The number of halogens is 1. The van der Waals surface area contributed by atoms with Crippen LogP contribution in [0, 0.1) is 0 Å². The maximum absolute atomic E-state index is 11.9. The van der Waals surface area contributed by atoms with Crippen molar-refractivity contribution in [3.8, 4) is 0 Å². The molecule has 0 bridgehead atoms. The summed E-state index contributed by atoms with van der Waals surface area (Å²) in [4.78, 5) is 15.2. The van der Waals surface area contributed by atoms with Crippen LogP contribution in [0.1, 0.15) is 6.42 Å². The monoisotopic (exact) mass is 365 g/mol. The lowest BCUT2D eigenvalue weighted by Gasteiger charge is -2.07. The summed E-state index contributed by atoms with van der Waals surface area (Å²) in [6.07, 6.45) is 2.79. The van der Waals surface area contributed by atoms with E-state index in [9.17, 15) is 13.2 Å². The van der Waals surface area contributed by atoms with E-state index in [1.165, 1.54) is 25.6 Å². The Bertz CT molecular complexity index is 550. The molecule has 1 aromatic rings. The molecule has 0 radical (unpaired) electrons. The molecule has 0 aliphatic heterocycles. The molecule has 1 heterocycles. The fraction of sp³-hybridized carbons (Fsp3) is 0.455. The van der Waals surface area contributed by atoms with E-state index in [2.05, 4.69) is 31.0 Å². The summed E-state index contributed by atoms with van der Waals surface area (Å²) in [6.45, 7) is 0.840. The highest BCUT2D eigenvalue weighted by Gasteiger charge is 2.14. The maximum Gasteiger partial charge on any atom is 0.242 e. The van der Waals surface area contributed by atoms with Gasteiger partial charge in [0.2, 0.25) is 15.9 Å². The number of pyridine rings is 1. The molecule has 112 valence electrons. The Balaban J connectivity index is 2.43. The zero-order chi connectivity index (χ0) is 15.0. The first-order valence-corrected chi connectivity index (χ1v) is 8.09. The van der Waals surface area contributed by atoms with Crippen LogP contribution in [0.2, 0.25) is 0 Å². The second-order valence-corrected chi connectivity index (χ2v) is 6.51. The number of carbonyl (C=O) groups is 1. The molecular formula is C11H16BrN3O4S. The molecule has 2 N–H and O–H groups in total. The first-order chi connectivity index (χ1) is 9.45. The SMILES string of the molecule is COCCNC(=O)CCNS(=O)(=O)c1cncc(Br)c1. The molecule has 0 atom stereocenters. The number of ether oxygens (including phenoxy) is 1. The number of nitrogens with zero attached hydrogens (tertiary/aromatic N) is 1. The van der Waals surface area contributed by atoms with Crippen molar-refractivity contribution in [2.45, 2.75) is 11.3 Å². The van der Waals surface area contributed by atoms with Gasteiger partial charge in [-0.2, -0.15) is 0 Å². The fourth-order valence-electron chi connectivity index (χ4n) is 1.30. The number of hydrogen-bond acceptors (Lipinski definition) is 5. The van der Waals surface area contributed by atoms with Crippen molar-refractivity contribution >= 4 is 31.9 Å². The van der Waals surface area contributed by atoms with Gasteiger partial charge in [0.25, 0.3) is 0 Å². The van der Waals surface area contributed by atoms with Crippen LogP contribution in [-0.2, 0) is 19.6 Å². The Kier molecular flexibility index (Phi) is 7.06. The van der Waals surface area contributed by atoms with E-state index in [1.807, 2.05) is 0 Å². The number of nitrogens with one attached hydrogen (secondary N) is 2. The van der Waals surface area contributed by atoms with Crippen molar-refractivity contribution in [3.63, 3.8) is 0 Å². The van der Waals surface area contributed by atoms with E-state index >= 15 is 0 Å². The number of carbonyl (C=O) groups excluding carboxylic acids is 1. The molecule has 20 heavy (non-hydrogen) atoms. The van der Waals surface area contributed by atoms with Gasteiger partial charge in [0.05, 0.1) is 6.61 Å². The molecule has 9 heteroatoms. The van der Waals surface area contributed by atoms with Gasteiger partial charge in [-0.25, -0.2) is 13.1 Å². The van der Waals surface area contributed by atoms with Crippen molar-refractivity contribution in [2.75, 3.05) is 26.8 Å². The first-order valence-electron chi connectivity index (χ1n) is 5.81. The van der Waals surface area contributed by atoms with E-state index in [-0.39, 0.29) is 23.8 Å². The van der Waals surface area contributed by atoms with Crippen molar-refractivity contribution in [2.24, 2.45) is 0 Å². The van der Waals surface area contributed by atoms with Gasteiger partial charge < -0.3 is 10.1 Å². The molecule has 1 amide bonds. The van der Waals surface area contributed by atoms with Crippen LogP contribution in [0.3, 0.4) is 0 Å². The minimum absolute atomic E-state index is 0.0215. The molecule has 0 aliphatic rings. The van der Waals surface area contributed by atoms with E-state index in [0.717, 1.165) is 0 Å². The maximum atomic E-state index is 11.9. The molecule has 0 saturated heterocycles. The zero-order valence-electron chi connectivity index (χ0n) is 10.9. The van der Waals surface area contributed by atoms with Crippen molar-refractivity contribution in [3.05, 3.63) is 22.9 Å². The molecular weight excluding hydrogens is 350 g/mol. The molecule has 0 unspecified atom stereocenters. The Labute approximate surface area is 126 Å². The quantitative estimate of drug-likeness (QED) is 0.644. The third kappa shape index (κ3) is 5.95. The predicted octanol–water partition coefficient (Wildman–Crippen LogP) is 0.275. The lowest BCUT2D eigenvalue weighted by atomic mass is 10.4. The third-order valence-electron chi connectivity index (χ3n) is 2.26. The second kappa shape index (κ2) is 8.30. The van der Waals surface area contributed by atoms with E-state index in [0.29, 0.717) is 17.6 Å². The predicted molar refractivity (Wildman–Crippen MR) is 76.6 cm³/mol. The molecule has 0 saturated carbocycles. The Morgan fingerprint density at radius 1 is 1.40 bits per heavy atom. The number of aromatic nitrogens is 1. The highest BCUT2D eigenvalue weighted by Crippen LogP contribution is 2.13. The van der Waals surface area contributed by atoms with Crippen molar-refractivity contribution in [1.29, 1.82) is 0 Å². The number of amides is 1. The lowest BCUT2D eigenvalue weighted by Crippen LogP contribution is -2.32. The largest absolute Gasteiger partial charge is 0.383 e. The average molecular weight is 366 g/mol. The smallest absolute Gasteiger partial charge is 0.242 e. The Morgan fingerprint density at radius 3 is 2.80 bits per heavy atom. The summed E-state index contributed by atoms with van der Waals surface area (Å²) >= 11 is 3.15. The molecule has 1 aromatic heterocycles. The summed E-state index contributed by atoms with van der Waals surface area (Å²) in [5.41, 5.74) is 0. The number of sulfonamides is 1. The lowest BCUT2D eigenvalue weighted by molar-refractivity contribution is -0.121. The number of hydrogen-bond donors (Lipinski definition) is 2. The van der Waals surface area contributed by atoms with Crippen LogP contribution in [0.25, 0.3) is 0 Å². The van der Waals surface area contributed by atoms with Gasteiger partial charge in [-0.15, -0.1) is 0 Å². The minimum atomic E-state index is -3.65. The van der Waals surface area contributed by atoms with E-state index in [1.54, 1.807) is 0 Å². The van der Waals surface area contributed by atoms with Crippen LogP contribution in [0.15, 0.2) is 27.8 Å². The topological polar surface area (TPSA) is 97.4 Å². The Morgan fingerprint density at radius 2 is 2.15 bits per heavy atom. The summed E-state index contributed by atoms with van der Waals surface area (Å²) in [7, 11) is -2.12. The van der Waals surface area contributed by atoms with Crippen molar-refractivity contribution < 1.29 is 17.9 Å². The molecule has 0 aliphatic carbocycles. The fourth-order valence-corrected chi connectivity index (χ4v) is 2.84. The van der Waals surface area contributed by atoms with Crippen molar-refractivity contribution in [1.82, 2.24) is 15.0 Å². The minimum Gasteiger partial charge on any atom is -0.383 e. The zero-order valence-corrected chi connectivity index (χ0v) is 13.3. The van der Waals surface area contributed by atoms with E-state index < -0.39 is 10.0 Å². The molecule has 0 aromatic carbocycles. The number of methoxy groups -OCH3 is 1. The standard InChI is InChI=1S/C11H16BrN3O4S/c1-19-5-4-14-11(16)2-3-15-20(17,18)10-6-9(12)7-13-8-10/h6-8,15H,2-5H2,1H3,(H,14,16). The second-order valence-electron chi connectivity index (χ2n) is 3.83. The van der Waals surface area contributed by atoms with Gasteiger partial charge >= 0.3 is 0 Å². The van der Waals surface area contributed by atoms with Gasteiger partial charge in [-0.05, 0) is 22.0 Å².